The van der Waals surface area contributed by atoms with E-state index in [9.17, 15) is 0 Å². The summed E-state index contributed by atoms with van der Waals surface area (Å²) in [5.41, 5.74) is 2.45. The monoisotopic (exact) mass is 246 g/mol. The molecule has 1 heterocycles. The summed E-state index contributed by atoms with van der Waals surface area (Å²) in [5.74, 6) is 0. The summed E-state index contributed by atoms with van der Waals surface area (Å²) in [5, 5.41) is 16.6. The lowest BCUT2D eigenvalue weighted by atomic mass is 10.2. The Bertz CT molecular complexity index is 568. The van der Waals surface area contributed by atoms with Gasteiger partial charge in [0, 0.05) is 25.4 Å². The van der Waals surface area contributed by atoms with Gasteiger partial charge in [-0.1, -0.05) is 11.6 Å². The average Bonchev–Trinajstić information content (AvgIpc) is 2.73. The first-order valence-corrected chi connectivity index (χ1v) is 5.48. The van der Waals surface area contributed by atoms with Gasteiger partial charge in [-0.2, -0.15) is 10.4 Å². The number of anilines is 1. The normalized spacial score (nSPS) is 9.94. The SMILES string of the molecule is Cn1cc(CNc2ccc(C#N)cc2Cl)cn1. The zero-order chi connectivity index (χ0) is 12.3. The fraction of sp³-hybridized carbons (Fsp3) is 0.167. The maximum atomic E-state index is 8.72. The van der Waals surface area contributed by atoms with Gasteiger partial charge in [-0.25, -0.2) is 0 Å². The minimum atomic E-state index is 0.549. The number of halogens is 1. The minimum Gasteiger partial charge on any atom is -0.380 e. The van der Waals surface area contributed by atoms with Crippen LogP contribution in [0.4, 0.5) is 5.69 Å². The highest BCUT2D eigenvalue weighted by molar-refractivity contribution is 6.33. The molecule has 0 amide bonds. The summed E-state index contributed by atoms with van der Waals surface area (Å²) in [7, 11) is 1.87. The van der Waals surface area contributed by atoms with Crippen LogP contribution >= 0.6 is 11.6 Å². The quantitative estimate of drug-likeness (QED) is 0.906. The molecule has 0 radical (unpaired) electrons. The molecule has 0 bridgehead atoms. The number of hydrogen-bond acceptors (Lipinski definition) is 3. The van der Waals surface area contributed by atoms with Crippen molar-refractivity contribution in [3.8, 4) is 6.07 Å². The van der Waals surface area contributed by atoms with E-state index in [4.69, 9.17) is 16.9 Å². The molecule has 5 heteroatoms. The number of aryl methyl sites for hydroxylation is 1. The fourth-order valence-electron chi connectivity index (χ4n) is 1.49. The molecule has 1 aromatic carbocycles. The highest BCUT2D eigenvalue weighted by Gasteiger charge is 2.02. The smallest absolute Gasteiger partial charge is 0.0992 e. The maximum Gasteiger partial charge on any atom is 0.0992 e. The zero-order valence-electron chi connectivity index (χ0n) is 9.31. The Balaban J connectivity index is 2.07. The molecule has 0 atom stereocenters. The second-order valence-corrected chi connectivity index (χ2v) is 4.09. The van der Waals surface area contributed by atoms with Crippen molar-refractivity contribution >= 4 is 17.3 Å². The van der Waals surface area contributed by atoms with Gasteiger partial charge in [0.15, 0.2) is 0 Å². The van der Waals surface area contributed by atoms with Crippen LogP contribution in [0.2, 0.25) is 5.02 Å². The summed E-state index contributed by atoms with van der Waals surface area (Å²) >= 11 is 6.05. The Labute approximate surface area is 104 Å². The number of nitrogens with one attached hydrogen (secondary N) is 1. The Kier molecular flexibility index (Phi) is 3.31. The number of rotatable bonds is 3. The topological polar surface area (TPSA) is 53.6 Å². The van der Waals surface area contributed by atoms with Gasteiger partial charge in [0.05, 0.1) is 28.5 Å². The molecular weight excluding hydrogens is 236 g/mol. The van der Waals surface area contributed by atoms with E-state index in [-0.39, 0.29) is 0 Å². The average molecular weight is 247 g/mol. The lowest BCUT2D eigenvalue weighted by Gasteiger charge is -2.06. The van der Waals surface area contributed by atoms with Crippen molar-refractivity contribution in [1.82, 2.24) is 9.78 Å². The van der Waals surface area contributed by atoms with Crippen LogP contribution in [-0.2, 0) is 13.6 Å². The molecule has 0 aliphatic carbocycles. The van der Waals surface area contributed by atoms with Crippen LogP contribution in [0.3, 0.4) is 0 Å². The third-order valence-corrected chi connectivity index (χ3v) is 2.65. The first-order valence-electron chi connectivity index (χ1n) is 5.10. The molecule has 0 spiro atoms. The van der Waals surface area contributed by atoms with Crippen molar-refractivity contribution in [2.75, 3.05) is 5.32 Å². The predicted molar refractivity (Wildman–Crippen MR) is 66.7 cm³/mol. The van der Waals surface area contributed by atoms with Gasteiger partial charge in [-0.3, -0.25) is 4.68 Å². The molecule has 4 nitrogen and oxygen atoms in total. The molecule has 0 aliphatic rings. The number of benzene rings is 1. The van der Waals surface area contributed by atoms with Crippen molar-refractivity contribution in [2.24, 2.45) is 7.05 Å². The second kappa shape index (κ2) is 4.89. The van der Waals surface area contributed by atoms with Gasteiger partial charge >= 0.3 is 0 Å². The van der Waals surface area contributed by atoms with Crippen LogP contribution in [0, 0.1) is 11.3 Å². The molecule has 0 aliphatic heterocycles. The zero-order valence-corrected chi connectivity index (χ0v) is 10.1. The minimum absolute atomic E-state index is 0.549. The van der Waals surface area contributed by atoms with E-state index in [0.29, 0.717) is 17.1 Å². The van der Waals surface area contributed by atoms with Gasteiger partial charge in [-0.05, 0) is 18.2 Å². The fourth-order valence-corrected chi connectivity index (χ4v) is 1.74. The Hall–Kier alpha value is -1.99. The van der Waals surface area contributed by atoms with Gasteiger partial charge < -0.3 is 5.32 Å². The van der Waals surface area contributed by atoms with Gasteiger partial charge in [0.25, 0.3) is 0 Å². The molecule has 0 saturated heterocycles. The lowest BCUT2D eigenvalue weighted by molar-refractivity contribution is 0.767. The van der Waals surface area contributed by atoms with Crippen molar-refractivity contribution in [3.05, 3.63) is 46.7 Å². The van der Waals surface area contributed by atoms with Crippen molar-refractivity contribution in [3.63, 3.8) is 0 Å². The number of nitrogens with zero attached hydrogens (tertiary/aromatic N) is 3. The van der Waals surface area contributed by atoms with Crippen LogP contribution in [-0.4, -0.2) is 9.78 Å². The molecule has 86 valence electrons. The molecule has 1 N–H and O–H groups in total. The van der Waals surface area contributed by atoms with Gasteiger partial charge in [0.2, 0.25) is 0 Å². The summed E-state index contributed by atoms with van der Waals surface area (Å²) in [6, 6.07) is 7.23. The van der Waals surface area contributed by atoms with E-state index in [1.807, 2.05) is 19.3 Å². The van der Waals surface area contributed by atoms with Gasteiger partial charge in [-0.15, -0.1) is 0 Å². The third-order valence-electron chi connectivity index (χ3n) is 2.34. The number of nitriles is 1. The molecule has 2 aromatic rings. The van der Waals surface area contributed by atoms with E-state index in [0.717, 1.165) is 11.3 Å². The van der Waals surface area contributed by atoms with E-state index < -0.39 is 0 Å². The van der Waals surface area contributed by atoms with E-state index in [2.05, 4.69) is 10.4 Å². The predicted octanol–water partition coefficient (Wildman–Crippen LogP) is 2.56. The molecule has 0 fully saturated rings. The van der Waals surface area contributed by atoms with Crippen molar-refractivity contribution in [2.45, 2.75) is 6.54 Å². The molecule has 0 saturated carbocycles. The van der Waals surface area contributed by atoms with Crippen LogP contribution < -0.4 is 5.32 Å². The first-order chi connectivity index (χ1) is 8.19. The van der Waals surface area contributed by atoms with E-state index in [1.54, 1.807) is 29.1 Å². The lowest BCUT2D eigenvalue weighted by Crippen LogP contribution is -1.99. The number of hydrogen-bond donors (Lipinski definition) is 1. The highest BCUT2D eigenvalue weighted by Crippen LogP contribution is 2.23. The standard InChI is InChI=1S/C12H11ClN4/c1-17-8-10(7-16-17)6-15-12-3-2-9(5-14)4-11(12)13/h2-4,7-8,15H,6H2,1H3. The summed E-state index contributed by atoms with van der Waals surface area (Å²) < 4.78 is 1.75. The largest absolute Gasteiger partial charge is 0.380 e. The molecule has 1 aromatic heterocycles. The second-order valence-electron chi connectivity index (χ2n) is 3.68. The summed E-state index contributed by atoms with van der Waals surface area (Å²) in [6.07, 6.45) is 3.73. The molecule has 2 rings (SSSR count). The van der Waals surface area contributed by atoms with E-state index >= 15 is 0 Å². The molecule has 0 unspecified atom stereocenters. The van der Waals surface area contributed by atoms with Crippen LogP contribution in [0.5, 0.6) is 0 Å². The maximum absolute atomic E-state index is 8.72. The van der Waals surface area contributed by atoms with E-state index in [1.165, 1.54) is 0 Å². The third kappa shape index (κ3) is 2.77. The molecule has 17 heavy (non-hydrogen) atoms. The Morgan fingerprint density at radius 1 is 1.53 bits per heavy atom. The Morgan fingerprint density at radius 3 is 2.94 bits per heavy atom. The van der Waals surface area contributed by atoms with Crippen LogP contribution in [0.15, 0.2) is 30.6 Å². The van der Waals surface area contributed by atoms with Crippen LogP contribution in [0.1, 0.15) is 11.1 Å². The number of aromatic nitrogens is 2. The van der Waals surface area contributed by atoms with Crippen molar-refractivity contribution < 1.29 is 0 Å². The summed E-state index contributed by atoms with van der Waals surface area (Å²) in [4.78, 5) is 0. The van der Waals surface area contributed by atoms with Crippen molar-refractivity contribution in [1.29, 1.82) is 5.26 Å². The Morgan fingerprint density at radius 2 is 2.35 bits per heavy atom. The van der Waals surface area contributed by atoms with Gasteiger partial charge in [0.1, 0.15) is 0 Å². The summed E-state index contributed by atoms with van der Waals surface area (Å²) in [6.45, 7) is 0.652. The highest BCUT2D eigenvalue weighted by atomic mass is 35.5. The first kappa shape index (κ1) is 11.5. The molecular formula is C12H11ClN4. The van der Waals surface area contributed by atoms with Crippen LogP contribution in [0.25, 0.3) is 0 Å².